The third-order valence-corrected chi connectivity index (χ3v) is 4.36. The van der Waals surface area contributed by atoms with Gasteiger partial charge in [0.05, 0.1) is 16.8 Å². The Morgan fingerprint density at radius 3 is 2.94 bits per heavy atom. The van der Waals surface area contributed by atoms with Gasteiger partial charge in [0.2, 0.25) is 0 Å². The Morgan fingerprint density at radius 1 is 1.41 bits per heavy atom. The van der Waals surface area contributed by atoms with Gasteiger partial charge < -0.3 is 0 Å². The molecule has 2 aromatic heterocycles. The molecule has 0 aliphatic heterocycles. The lowest BCUT2D eigenvalue weighted by atomic mass is 10.3. The van der Waals surface area contributed by atoms with Gasteiger partial charge in [0.15, 0.2) is 5.78 Å². The number of rotatable bonds is 5. The molecule has 3 nitrogen and oxygen atoms in total. The molecule has 0 unspecified atom stereocenters. The second-order valence-corrected chi connectivity index (χ2v) is 5.54. The van der Waals surface area contributed by atoms with Crippen molar-refractivity contribution in [2.45, 2.75) is 18.4 Å². The van der Waals surface area contributed by atoms with Crippen molar-refractivity contribution in [1.82, 2.24) is 9.97 Å². The third kappa shape index (κ3) is 3.38. The van der Waals surface area contributed by atoms with E-state index in [0.717, 1.165) is 16.3 Å². The van der Waals surface area contributed by atoms with Crippen LogP contribution in [0.4, 0.5) is 0 Å². The lowest BCUT2D eigenvalue weighted by Gasteiger charge is -1.97. The number of ketones is 1. The smallest absolute Gasteiger partial charge is 0.183 e. The Hall–Kier alpha value is -1.20. The molecule has 2 aromatic rings. The fourth-order valence-corrected chi connectivity index (χ4v) is 2.97. The Balaban J connectivity index is 1.93. The van der Waals surface area contributed by atoms with Crippen LogP contribution in [0, 0.1) is 0 Å². The zero-order valence-electron chi connectivity index (χ0n) is 9.42. The summed E-state index contributed by atoms with van der Waals surface area (Å²) in [7, 11) is 0. The standard InChI is InChI=1S/C12H12N2OS2/c1-2-9-3-4-11(17-9)10(15)8-16-12-7-13-5-6-14-12/h3-7H,2,8H2,1H3. The van der Waals surface area contributed by atoms with Gasteiger partial charge in [-0.2, -0.15) is 0 Å². The van der Waals surface area contributed by atoms with Crippen molar-refractivity contribution in [3.05, 3.63) is 40.5 Å². The van der Waals surface area contributed by atoms with E-state index < -0.39 is 0 Å². The van der Waals surface area contributed by atoms with Crippen LogP contribution >= 0.6 is 23.1 Å². The van der Waals surface area contributed by atoms with Crippen LogP contribution in [-0.4, -0.2) is 21.5 Å². The summed E-state index contributed by atoms with van der Waals surface area (Å²) in [6, 6.07) is 3.92. The largest absolute Gasteiger partial charge is 0.292 e. The first-order chi connectivity index (χ1) is 8.29. The van der Waals surface area contributed by atoms with Crippen molar-refractivity contribution in [1.29, 1.82) is 0 Å². The van der Waals surface area contributed by atoms with Gasteiger partial charge in [-0.1, -0.05) is 18.7 Å². The second kappa shape index (κ2) is 5.93. The molecule has 0 spiro atoms. The van der Waals surface area contributed by atoms with E-state index in [2.05, 4.69) is 16.9 Å². The van der Waals surface area contributed by atoms with E-state index >= 15 is 0 Å². The van der Waals surface area contributed by atoms with Crippen LogP contribution in [0.1, 0.15) is 21.5 Å². The van der Waals surface area contributed by atoms with E-state index in [4.69, 9.17) is 0 Å². The predicted octanol–water partition coefficient (Wildman–Crippen LogP) is 3.08. The number of aromatic nitrogens is 2. The highest BCUT2D eigenvalue weighted by molar-refractivity contribution is 7.99. The molecule has 0 saturated carbocycles. The van der Waals surface area contributed by atoms with Crippen LogP contribution in [0.25, 0.3) is 0 Å². The molecule has 0 radical (unpaired) electrons. The Morgan fingerprint density at radius 2 is 2.29 bits per heavy atom. The maximum absolute atomic E-state index is 11.9. The predicted molar refractivity (Wildman–Crippen MR) is 70.8 cm³/mol. The molecule has 0 amide bonds. The van der Waals surface area contributed by atoms with Gasteiger partial charge in [-0.15, -0.1) is 11.3 Å². The lowest BCUT2D eigenvalue weighted by molar-refractivity contribution is 0.102. The SMILES string of the molecule is CCc1ccc(C(=O)CSc2cnccn2)s1. The zero-order chi connectivity index (χ0) is 12.1. The highest BCUT2D eigenvalue weighted by atomic mass is 32.2. The molecule has 0 aromatic carbocycles. The average molecular weight is 264 g/mol. The van der Waals surface area contributed by atoms with Gasteiger partial charge in [-0.3, -0.25) is 9.78 Å². The topological polar surface area (TPSA) is 42.9 Å². The van der Waals surface area contributed by atoms with Crippen LogP contribution in [0.5, 0.6) is 0 Å². The summed E-state index contributed by atoms with van der Waals surface area (Å²) >= 11 is 3.00. The van der Waals surface area contributed by atoms with Crippen LogP contribution < -0.4 is 0 Å². The molecule has 88 valence electrons. The molecule has 0 atom stereocenters. The number of Topliss-reactive ketones (excluding diaryl/α,β-unsaturated/α-hetero) is 1. The number of carbonyl (C=O) groups excluding carboxylic acids is 1. The molecular weight excluding hydrogens is 252 g/mol. The first-order valence-corrected chi connectivity index (χ1v) is 7.10. The van der Waals surface area contributed by atoms with Gasteiger partial charge >= 0.3 is 0 Å². The maximum atomic E-state index is 11.9. The van der Waals surface area contributed by atoms with Gasteiger partial charge in [0.1, 0.15) is 5.03 Å². The minimum atomic E-state index is 0.158. The molecule has 0 aliphatic carbocycles. The lowest BCUT2D eigenvalue weighted by Crippen LogP contribution is -1.99. The van der Waals surface area contributed by atoms with Crippen LogP contribution in [0.2, 0.25) is 0 Å². The quantitative estimate of drug-likeness (QED) is 0.615. The number of nitrogens with zero attached hydrogens (tertiary/aromatic N) is 2. The maximum Gasteiger partial charge on any atom is 0.183 e. The van der Waals surface area contributed by atoms with Crippen molar-refractivity contribution >= 4 is 28.9 Å². The van der Waals surface area contributed by atoms with Gasteiger partial charge in [0, 0.05) is 17.3 Å². The van der Waals surface area contributed by atoms with Crippen LogP contribution in [0.15, 0.2) is 35.7 Å². The average Bonchev–Trinajstić information content (AvgIpc) is 2.86. The van der Waals surface area contributed by atoms with Gasteiger partial charge in [0.25, 0.3) is 0 Å². The zero-order valence-corrected chi connectivity index (χ0v) is 11.1. The highest BCUT2D eigenvalue weighted by Gasteiger charge is 2.09. The number of thiophene rings is 1. The summed E-state index contributed by atoms with van der Waals surface area (Å²) in [5.74, 6) is 0.577. The van der Waals surface area contributed by atoms with E-state index in [-0.39, 0.29) is 5.78 Å². The molecule has 0 bridgehead atoms. The highest BCUT2D eigenvalue weighted by Crippen LogP contribution is 2.21. The summed E-state index contributed by atoms with van der Waals surface area (Å²) in [4.78, 5) is 22.0. The molecule has 17 heavy (non-hydrogen) atoms. The Bertz CT molecular complexity index is 496. The van der Waals surface area contributed by atoms with Crippen molar-refractivity contribution < 1.29 is 4.79 Å². The molecule has 0 saturated heterocycles. The minimum absolute atomic E-state index is 0.158. The first-order valence-electron chi connectivity index (χ1n) is 5.30. The summed E-state index contributed by atoms with van der Waals surface area (Å²) < 4.78 is 0. The summed E-state index contributed by atoms with van der Waals surface area (Å²) in [5.41, 5.74) is 0. The number of aryl methyl sites for hydroxylation is 1. The normalized spacial score (nSPS) is 10.4. The fourth-order valence-electron chi connectivity index (χ4n) is 1.29. The number of hydrogen-bond donors (Lipinski definition) is 0. The van der Waals surface area contributed by atoms with Crippen LogP contribution in [0.3, 0.4) is 0 Å². The van der Waals surface area contributed by atoms with E-state index in [1.54, 1.807) is 29.9 Å². The monoisotopic (exact) mass is 264 g/mol. The minimum Gasteiger partial charge on any atom is -0.292 e. The molecule has 5 heteroatoms. The van der Waals surface area contributed by atoms with Gasteiger partial charge in [-0.05, 0) is 18.6 Å². The Kier molecular flexibility index (Phi) is 4.28. The fraction of sp³-hybridized carbons (Fsp3) is 0.250. The van der Waals surface area contributed by atoms with E-state index in [0.29, 0.717) is 5.75 Å². The van der Waals surface area contributed by atoms with E-state index in [1.807, 2.05) is 12.1 Å². The van der Waals surface area contributed by atoms with Crippen molar-refractivity contribution in [2.24, 2.45) is 0 Å². The first kappa shape index (κ1) is 12.3. The van der Waals surface area contributed by atoms with Crippen molar-refractivity contribution in [2.75, 3.05) is 5.75 Å². The summed E-state index contributed by atoms with van der Waals surface area (Å²) in [6.45, 7) is 2.09. The second-order valence-electron chi connectivity index (χ2n) is 3.38. The Labute approximate surface area is 108 Å². The molecule has 0 N–H and O–H groups in total. The molecule has 0 aliphatic rings. The number of carbonyl (C=O) groups is 1. The molecular formula is C12H12N2OS2. The van der Waals surface area contributed by atoms with Crippen LogP contribution in [-0.2, 0) is 6.42 Å². The number of hydrogen-bond acceptors (Lipinski definition) is 5. The van der Waals surface area contributed by atoms with Gasteiger partial charge in [-0.25, -0.2) is 4.98 Å². The molecule has 2 heterocycles. The van der Waals surface area contributed by atoms with E-state index in [1.165, 1.54) is 16.6 Å². The van der Waals surface area contributed by atoms with E-state index in [9.17, 15) is 4.79 Å². The van der Waals surface area contributed by atoms with Crippen molar-refractivity contribution in [3.63, 3.8) is 0 Å². The summed E-state index contributed by atoms with van der Waals surface area (Å²) in [5, 5.41) is 0.785. The summed E-state index contributed by atoms with van der Waals surface area (Å²) in [6.07, 6.45) is 5.91. The third-order valence-electron chi connectivity index (χ3n) is 2.18. The van der Waals surface area contributed by atoms with Crippen molar-refractivity contribution in [3.8, 4) is 0 Å². The molecule has 2 rings (SSSR count). The molecule has 0 fully saturated rings. The number of thioether (sulfide) groups is 1.